The molecular formula is C10H18N2Si. The molecule has 0 saturated heterocycles. The molecule has 0 amide bonds. The highest BCUT2D eigenvalue weighted by atomic mass is 28.1. The van der Waals surface area contributed by atoms with Crippen molar-refractivity contribution < 1.29 is 0 Å². The van der Waals surface area contributed by atoms with Gasteiger partial charge in [-0.25, -0.2) is 0 Å². The molecule has 0 radical (unpaired) electrons. The van der Waals surface area contributed by atoms with Gasteiger partial charge >= 0.3 is 0 Å². The van der Waals surface area contributed by atoms with Crippen molar-refractivity contribution in [2.45, 2.75) is 12.6 Å². The molecular weight excluding hydrogens is 176 g/mol. The van der Waals surface area contributed by atoms with Gasteiger partial charge in [0.25, 0.3) is 0 Å². The monoisotopic (exact) mass is 194 g/mol. The van der Waals surface area contributed by atoms with E-state index < -0.39 is 0 Å². The van der Waals surface area contributed by atoms with Gasteiger partial charge in [0.2, 0.25) is 0 Å². The van der Waals surface area contributed by atoms with Gasteiger partial charge in [-0.2, -0.15) is 0 Å². The van der Waals surface area contributed by atoms with E-state index in [-0.39, 0.29) is 5.66 Å². The molecule has 0 aliphatic heterocycles. The van der Waals surface area contributed by atoms with Crippen molar-refractivity contribution in [2.75, 3.05) is 14.1 Å². The van der Waals surface area contributed by atoms with Crippen LogP contribution in [-0.2, 0) is 5.66 Å². The Morgan fingerprint density at radius 1 is 1.15 bits per heavy atom. The first kappa shape index (κ1) is 10.4. The molecule has 3 heteroatoms. The zero-order valence-corrected chi connectivity index (χ0v) is 10.8. The summed E-state index contributed by atoms with van der Waals surface area (Å²) >= 11 is 0. The molecule has 0 bridgehead atoms. The topological polar surface area (TPSA) is 24.1 Å². The van der Waals surface area contributed by atoms with Crippen LogP contribution in [0, 0.1) is 0 Å². The molecule has 1 aromatic rings. The van der Waals surface area contributed by atoms with Crippen LogP contribution in [0.25, 0.3) is 0 Å². The zero-order valence-electron chi connectivity index (χ0n) is 8.81. The van der Waals surface area contributed by atoms with Crippen molar-refractivity contribution in [1.82, 2.24) is 10.6 Å². The average Bonchev–Trinajstić information content (AvgIpc) is 2.17. The Balaban J connectivity index is 3.12. The lowest BCUT2D eigenvalue weighted by Crippen LogP contribution is -2.50. The van der Waals surface area contributed by atoms with Gasteiger partial charge < -0.3 is 0 Å². The molecule has 72 valence electrons. The first-order chi connectivity index (χ1) is 6.14. The molecule has 2 nitrogen and oxygen atoms in total. The van der Waals surface area contributed by atoms with Crippen LogP contribution in [0.1, 0.15) is 12.5 Å². The third-order valence-corrected chi connectivity index (χ3v) is 3.56. The number of benzene rings is 1. The first-order valence-electron chi connectivity index (χ1n) is 4.58. The molecule has 0 atom stereocenters. The molecule has 1 rings (SSSR count). The Morgan fingerprint density at radius 3 is 2.15 bits per heavy atom. The molecule has 1 aromatic carbocycles. The third-order valence-electron chi connectivity index (χ3n) is 2.68. The van der Waals surface area contributed by atoms with Crippen molar-refractivity contribution >= 4 is 15.4 Å². The van der Waals surface area contributed by atoms with E-state index in [9.17, 15) is 0 Å². The van der Waals surface area contributed by atoms with Gasteiger partial charge in [-0.1, -0.05) is 29.5 Å². The summed E-state index contributed by atoms with van der Waals surface area (Å²) in [6.07, 6.45) is 0. The van der Waals surface area contributed by atoms with Crippen molar-refractivity contribution in [3.05, 3.63) is 29.8 Å². The standard InChI is InChI=1S/C10H18N2Si/c1-10(11-2,12-3)8-6-4-5-7-9(8)13/h4-7,11-12H,1-3,13H3. The summed E-state index contributed by atoms with van der Waals surface area (Å²) < 4.78 is 0. The lowest BCUT2D eigenvalue weighted by atomic mass is 10.0. The molecule has 2 N–H and O–H groups in total. The third kappa shape index (κ3) is 1.99. The van der Waals surface area contributed by atoms with E-state index in [0.29, 0.717) is 0 Å². The van der Waals surface area contributed by atoms with Gasteiger partial charge in [0, 0.05) is 10.2 Å². The van der Waals surface area contributed by atoms with Crippen LogP contribution in [0.5, 0.6) is 0 Å². The maximum absolute atomic E-state index is 3.30. The first-order valence-corrected chi connectivity index (χ1v) is 5.58. The van der Waals surface area contributed by atoms with Crippen molar-refractivity contribution in [2.24, 2.45) is 0 Å². The second-order valence-corrected chi connectivity index (χ2v) is 4.52. The zero-order chi connectivity index (χ0) is 9.90. The minimum Gasteiger partial charge on any atom is -0.299 e. The van der Waals surface area contributed by atoms with E-state index in [1.54, 1.807) is 0 Å². The predicted octanol–water partition coefficient (Wildman–Crippen LogP) is -0.711. The summed E-state index contributed by atoms with van der Waals surface area (Å²) in [5, 5.41) is 8.03. The van der Waals surface area contributed by atoms with Crippen LogP contribution in [0.3, 0.4) is 0 Å². The van der Waals surface area contributed by atoms with Crippen molar-refractivity contribution in [3.63, 3.8) is 0 Å². The molecule has 0 aliphatic rings. The summed E-state index contributed by atoms with van der Waals surface area (Å²) in [5.41, 5.74) is 1.25. The van der Waals surface area contributed by atoms with Gasteiger partial charge in [0.15, 0.2) is 0 Å². The Hall–Kier alpha value is -0.643. The lowest BCUT2D eigenvalue weighted by molar-refractivity contribution is 0.340. The second-order valence-electron chi connectivity index (χ2n) is 3.44. The van der Waals surface area contributed by atoms with Gasteiger partial charge in [0.1, 0.15) is 0 Å². The second kappa shape index (κ2) is 4.04. The van der Waals surface area contributed by atoms with Crippen LogP contribution in [0.15, 0.2) is 24.3 Å². The normalized spacial score (nSPS) is 11.9. The lowest BCUT2D eigenvalue weighted by Gasteiger charge is -2.30. The van der Waals surface area contributed by atoms with E-state index in [0.717, 1.165) is 10.2 Å². The molecule has 0 fully saturated rings. The van der Waals surface area contributed by atoms with E-state index in [1.807, 2.05) is 14.1 Å². The van der Waals surface area contributed by atoms with Gasteiger partial charge in [-0.15, -0.1) is 0 Å². The van der Waals surface area contributed by atoms with Crippen LogP contribution in [0.4, 0.5) is 0 Å². The highest BCUT2D eigenvalue weighted by Crippen LogP contribution is 2.13. The fraction of sp³-hybridized carbons (Fsp3) is 0.400. The maximum atomic E-state index is 3.30. The van der Waals surface area contributed by atoms with Gasteiger partial charge in [-0.3, -0.25) is 10.6 Å². The fourth-order valence-electron chi connectivity index (χ4n) is 1.53. The SMILES string of the molecule is CNC(C)(NC)c1ccccc1[SiH3]. The average molecular weight is 194 g/mol. The smallest absolute Gasteiger partial charge is 0.0914 e. The van der Waals surface area contributed by atoms with Gasteiger partial charge in [0.05, 0.1) is 5.66 Å². The summed E-state index contributed by atoms with van der Waals surface area (Å²) in [5.74, 6) is 0. The Kier molecular flexibility index (Phi) is 3.25. The van der Waals surface area contributed by atoms with Crippen LogP contribution < -0.4 is 15.8 Å². The molecule has 0 spiro atoms. The summed E-state index contributed by atoms with van der Waals surface area (Å²) in [6.45, 7) is 2.16. The number of hydrogen-bond acceptors (Lipinski definition) is 2. The van der Waals surface area contributed by atoms with Crippen molar-refractivity contribution in [1.29, 1.82) is 0 Å². The summed E-state index contributed by atoms with van der Waals surface area (Å²) in [4.78, 5) is 0. The predicted molar refractivity (Wildman–Crippen MR) is 61.5 cm³/mol. The fourth-order valence-corrected chi connectivity index (χ4v) is 2.39. The van der Waals surface area contributed by atoms with Crippen molar-refractivity contribution in [3.8, 4) is 0 Å². The Morgan fingerprint density at radius 2 is 1.69 bits per heavy atom. The molecule has 13 heavy (non-hydrogen) atoms. The molecule has 0 heterocycles. The van der Waals surface area contributed by atoms with E-state index >= 15 is 0 Å². The minimum absolute atomic E-state index is 0.0989. The van der Waals surface area contributed by atoms with E-state index in [4.69, 9.17) is 0 Å². The molecule has 0 unspecified atom stereocenters. The molecule has 0 aliphatic carbocycles. The molecule has 0 aromatic heterocycles. The number of nitrogens with one attached hydrogen (secondary N) is 2. The summed E-state index contributed by atoms with van der Waals surface area (Å²) in [6, 6.07) is 8.55. The largest absolute Gasteiger partial charge is 0.299 e. The Bertz CT molecular complexity index is 282. The van der Waals surface area contributed by atoms with E-state index in [2.05, 4.69) is 41.8 Å². The Labute approximate surface area is 83.2 Å². The molecule has 0 saturated carbocycles. The van der Waals surface area contributed by atoms with Crippen LogP contribution in [0.2, 0.25) is 0 Å². The maximum Gasteiger partial charge on any atom is 0.0914 e. The minimum atomic E-state index is -0.0989. The number of rotatable bonds is 3. The highest BCUT2D eigenvalue weighted by molar-refractivity contribution is 6.33. The van der Waals surface area contributed by atoms with Crippen LogP contribution >= 0.6 is 0 Å². The van der Waals surface area contributed by atoms with Crippen LogP contribution in [-0.4, -0.2) is 24.3 Å². The quantitative estimate of drug-likeness (QED) is 0.491. The van der Waals surface area contributed by atoms with Gasteiger partial charge in [-0.05, 0) is 26.6 Å². The highest BCUT2D eigenvalue weighted by Gasteiger charge is 2.22. The summed E-state index contributed by atoms with van der Waals surface area (Å²) in [7, 11) is 5.04. The van der Waals surface area contributed by atoms with E-state index in [1.165, 1.54) is 10.8 Å². The number of hydrogen-bond donors (Lipinski definition) is 2.